The van der Waals surface area contributed by atoms with Crippen LogP contribution >= 0.6 is 11.6 Å². The number of aliphatic imine (C=N–C) groups is 1. The number of ether oxygens (including phenoxy) is 1. The van der Waals surface area contributed by atoms with E-state index in [1.165, 1.54) is 18.2 Å². The molecular weight excluding hydrogens is 453 g/mol. The van der Waals surface area contributed by atoms with E-state index in [0.29, 0.717) is 29.2 Å². The normalized spacial score (nSPS) is 18.6. The number of hydrogen-bond donors (Lipinski definition) is 2. The number of rotatable bonds is 5. The number of halogens is 4. The van der Waals surface area contributed by atoms with Gasteiger partial charge >= 0.3 is 6.18 Å². The topological polar surface area (TPSA) is 53.8 Å². The lowest BCUT2D eigenvalue weighted by Gasteiger charge is -2.31. The van der Waals surface area contributed by atoms with E-state index < -0.39 is 17.9 Å². The van der Waals surface area contributed by atoms with Crippen molar-refractivity contribution in [3.05, 3.63) is 94.0 Å². The van der Waals surface area contributed by atoms with Gasteiger partial charge < -0.3 is 9.84 Å². The van der Waals surface area contributed by atoms with E-state index in [1.807, 2.05) is 31.2 Å². The predicted octanol–water partition coefficient (Wildman–Crippen LogP) is 6.69. The number of aromatic hydroxyl groups is 1. The maximum absolute atomic E-state index is 13.0. The summed E-state index contributed by atoms with van der Waals surface area (Å²) in [6.07, 6.45) is -4.56. The molecular formula is C25H22ClF3N2O2. The number of alkyl halides is 3. The van der Waals surface area contributed by atoms with E-state index in [1.54, 1.807) is 12.1 Å². The van der Waals surface area contributed by atoms with Crippen molar-refractivity contribution < 1.29 is 23.0 Å². The molecule has 0 bridgehead atoms. The van der Waals surface area contributed by atoms with Crippen LogP contribution in [-0.4, -0.2) is 17.4 Å². The SMILES string of the molecule is CCOc1ccc(C2=N[C@@H](c3ccc(C(F)(F)F)cc3)N[C@@H](c3cc(Cl)ccc3O)C2)cc1. The van der Waals surface area contributed by atoms with Gasteiger partial charge in [0.15, 0.2) is 0 Å². The zero-order valence-corrected chi connectivity index (χ0v) is 18.5. The van der Waals surface area contributed by atoms with Crippen molar-refractivity contribution in [2.45, 2.75) is 31.7 Å². The Morgan fingerprint density at radius 2 is 1.76 bits per heavy atom. The molecule has 1 heterocycles. The Bertz CT molecular complexity index is 1150. The summed E-state index contributed by atoms with van der Waals surface area (Å²) in [5.74, 6) is 0.815. The van der Waals surface area contributed by atoms with Crippen molar-refractivity contribution in [3.8, 4) is 11.5 Å². The summed E-state index contributed by atoms with van der Waals surface area (Å²) >= 11 is 6.16. The minimum absolute atomic E-state index is 0.0796. The van der Waals surface area contributed by atoms with E-state index in [-0.39, 0.29) is 11.8 Å². The molecule has 2 atom stereocenters. The minimum atomic E-state index is -4.41. The summed E-state index contributed by atoms with van der Waals surface area (Å²) in [6.45, 7) is 2.46. The van der Waals surface area contributed by atoms with Gasteiger partial charge in [0.1, 0.15) is 17.7 Å². The zero-order chi connectivity index (χ0) is 23.6. The quantitative estimate of drug-likeness (QED) is 0.433. The maximum Gasteiger partial charge on any atom is 0.416 e. The first kappa shape index (κ1) is 23.1. The first-order chi connectivity index (χ1) is 15.7. The van der Waals surface area contributed by atoms with Crippen LogP contribution in [0.3, 0.4) is 0 Å². The van der Waals surface area contributed by atoms with Crippen LogP contribution < -0.4 is 10.1 Å². The molecule has 0 saturated heterocycles. The third-order valence-electron chi connectivity index (χ3n) is 5.46. The standard InChI is InChI=1S/C25H22ClF3N2O2/c1-2-33-19-10-5-15(6-11-19)21-14-22(20-13-18(26)9-12-23(20)32)31-24(30-21)16-3-7-17(8-4-16)25(27,28)29/h3-13,22,24,31-32H,2,14H2,1H3/t22-,24-/m1/s1. The lowest BCUT2D eigenvalue weighted by atomic mass is 9.93. The number of benzene rings is 3. The average Bonchev–Trinajstić information content (AvgIpc) is 2.80. The second-order valence-electron chi connectivity index (χ2n) is 7.68. The van der Waals surface area contributed by atoms with Crippen molar-refractivity contribution in [1.82, 2.24) is 5.32 Å². The lowest BCUT2D eigenvalue weighted by molar-refractivity contribution is -0.137. The Morgan fingerprint density at radius 3 is 2.39 bits per heavy atom. The van der Waals surface area contributed by atoms with Crippen molar-refractivity contribution in [2.24, 2.45) is 4.99 Å². The third-order valence-corrected chi connectivity index (χ3v) is 5.69. The van der Waals surface area contributed by atoms with Crippen LogP contribution in [0.1, 0.15) is 47.8 Å². The molecule has 3 aromatic rings. The highest BCUT2D eigenvalue weighted by Gasteiger charge is 2.31. The largest absolute Gasteiger partial charge is 0.508 e. The van der Waals surface area contributed by atoms with Gasteiger partial charge in [-0.3, -0.25) is 10.3 Å². The second kappa shape index (κ2) is 9.45. The van der Waals surface area contributed by atoms with Crippen LogP contribution in [-0.2, 0) is 6.18 Å². The van der Waals surface area contributed by atoms with E-state index in [0.717, 1.165) is 29.2 Å². The van der Waals surface area contributed by atoms with Crippen molar-refractivity contribution in [1.29, 1.82) is 0 Å². The first-order valence-corrected chi connectivity index (χ1v) is 10.8. The highest BCUT2D eigenvalue weighted by atomic mass is 35.5. The fourth-order valence-electron chi connectivity index (χ4n) is 3.82. The van der Waals surface area contributed by atoms with E-state index in [9.17, 15) is 18.3 Å². The lowest BCUT2D eigenvalue weighted by Crippen LogP contribution is -2.33. The molecule has 0 spiro atoms. The van der Waals surface area contributed by atoms with Gasteiger partial charge in [-0.25, -0.2) is 0 Å². The molecule has 4 rings (SSSR count). The molecule has 0 amide bonds. The minimum Gasteiger partial charge on any atom is -0.508 e. The van der Waals surface area contributed by atoms with Gasteiger partial charge in [-0.15, -0.1) is 0 Å². The van der Waals surface area contributed by atoms with E-state index in [2.05, 4.69) is 5.32 Å². The van der Waals surface area contributed by atoms with Crippen LogP contribution in [0.5, 0.6) is 11.5 Å². The number of phenols is 1. The summed E-state index contributed by atoms with van der Waals surface area (Å²) in [6, 6.07) is 16.9. The fourth-order valence-corrected chi connectivity index (χ4v) is 4.00. The Hall–Kier alpha value is -3.03. The van der Waals surface area contributed by atoms with Crippen LogP contribution in [0.2, 0.25) is 5.02 Å². The highest BCUT2D eigenvalue weighted by Crippen LogP contribution is 2.37. The highest BCUT2D eigenvalue weighted by molar-refractivity contribution is 6.30. The van der Waals surface area contributed by atoms with Gasteiger partial charge in [-0.05, 0) is 72.6 Å². The molecule has 0 unspecified atom stereocenters. The molecule has 0 saturated carbocycles. The molecule has 3 aromatic carbocycles. The molecule has 172 valence electrons. The van der Waals surface area contributed by atoms with Crippen molar-refractivity contribution >= 4 is 17.3 Å². The average molecular weight is 475 g/mol. The van der Waals surface area contributed by atoms with Crippen molar-refractivity contribution in [3.63, 3.8) is 0 Å². The molecule has 8 heteroatoms. The third kappa shape index (κ3) is 5.31. The fraction of sp³-hybridized carbons (Fsp3) is 0.240. The van der Waals surface area contributed by atoms with Crippen LogP contribution in [0.15, 0.2) is 71.7 Å². The number of nitrogens with one attached hydrogen (secondary N) is 1. The van der Waals surface area contributed by atoms with E-state index in [4.69, 9.17) is 21.3 Å². The van der Waals surface area contributed by atoms with E-state index >= 15 is 0 Å². The molecule has 0 aliphatic carbocycles. The summed E-state index contributed by atoms with van der Waals surface area (Å²) < 4.78 is 44.5. The number of hydrogen-bond acceptors (Lipinski definition) is 4. The summed E-state index contributed by atoms with van der Waals surface area (Å²) in [5.41, 5.74) is 2.08. The van der Waals surface area contributed by atoms with Gasteiger partial charge in [0.25, 0.3) is 0 Å². The van der Waals surface area contributed by atoms with Crippen molar-refractivity contribution in [2.75, 3.05) is 6.61 Å². The summed E-state index contributed by atoms with van der Waals surface area (Å²) in [5, 5.41) is 14.2. The van der Waals surface area contributed by atoms with Gasteiger partial charge in [0, 0.05) is 28.8 Å². The monoisotopic (exact) mass is 474 g/mol. The Labute approximate surface area is 194 Å². The number of nitrogens with zero attached hydrogens (tertiary/aromatic N) is 1. The zero-order valence-electron chi connectivity index (χ0n) is 17.7. The maximum atomic E-state index is 13.0. The Morgan fingerprint density at radius 1 is 1.06 bits per heavy atom. The molecule has 1 aliphatic rings. The first-order valence-electron chi connectivity index (χ1n) is 10.5. The van der Waals surface area contributed by atoms with Crippen LogP contribution in [0, 0.1) is 0 Å². The van der Waals surface area contributed by atoms with Gasteiger partial charge in [-0.2, -0.15) is 13.2 Å². The molecule has 0 aromatic heterocycles. The predicted molar refractivity (Wildman–Crippen MR) is 122 cm³/mol. The molecule has 0 radical (unpaired) electrons. The second-order valence-corrected chi connectivity index (χ2v) is 8.12. The molecule has 33 heavy (non-hydrogen) atoms. The Kier molecular flexibility index (Phi) is 6.63. The van der Waals surface area contributed by atoms with Gasteiger partial charge in [-0.1, -0.05) is 23.7 Å². The Balaban J connectivity index is 1.72. The molecule has 1 aliphatic heterocycles. The molecule has 2 N–H and O–H groups in total. The van der Waals surface area contributed by atoms with Crippen LogP contribution in [0.25, 0.3) is 0 Å². The molecule has 4 nitrogen and oxygen atoms in total. The number of phenolic OH excluding ortho intramolecular Hbond substituents is 1. The van der Waals surface area contributed by atoms with Gasteiger partial charge in [0.2, 0.25) is 0 Å². The van der Waals surface area contributed by atoms with Gasteiger partial charge in [0.05, 0.1) is 12.2 Å². The molecule has 0 fully saturated rings. The summed E-state index contributed by atoms with van der Waals surface area (Å²) in [7, 11) is 0. The summed E-state index contributed by atoms with van der Waals surface area (Å²) in [4.78, 5) is 4.79. The smallest absolute Gasteiger partial charge is 0.416 e. The van der Waals surface area contributed by atoms with Crippen LogP contribution in [0.4, 0.5) is 13.2 Å².